The number of nitrogens with two attached hydrogens (primary N) is 1. The second-order valence-corrected chi connectivity index (χ2v) is 5.79. The van der Waals surface area contributed by atoms with Gasteiger partial charge in [-0.25, -0.2) is 0 Å². The summed E-state index contributed by atoms with van der Waals surface area (Å²) >= 11 is 17.0. The number of nitrogens with zero attached hydrogens (tertiary/aromatic N) is 1. The molecule has 2 aromatic carbocycles. The summed E-state index contributed by atoms with van der Waals surface area (Å²) in [6, 6.07) is 13.3. The summed E-state index contributed by atoms with van der Waals surface area (Å²) in [6.07, 6.45) is 0. The molecule has 0 aliphatic carbocycles. The van der Waals surface area contributed by atoms with Crippen molar-refractivity contribution in [2.75, 3.05) is 11.9 Å². The fourth-order valence-corrected chi connectivity index (χ4v) is 2.48. The summed E-state index contributed by atoms with van der Waals surface area (Å²) in [5, 5.41) is 1.31. The summed E-state index contributed by atoms with van der Waals surface area (Å²) in [7, 11) is 2.00. The van der Waals surface area contributed by atoms with E-state index in [0.29, 0.717) is 21.6 Å². The van der Waals surface area contributed by atoms with Gasteiger partial charge in [0, 0.05) is 34.9 Å². The van der Waals surface area contributed by atoms with Gasteiger partial charge >= 0.3 is 0 Å². The Hall–Kier alpha value is -1.29. The SMILES string of the molecule is CN(Cc1ccc(Cl)cc1Cl)c1ccc(C(N)=S)cc1. The first-order chi connectivity index (χ1) is 9.47. The third-order valence-corrected chi connectivity index (χ3v) is 3.84. The Balaban J connectivity index is 2.15. The number of thiocarbonyl (C=S) groups is 1. The molecule has 0 spiro atoms. The van der Waals surface area contributed by atoms with Gasteiger partial charge in [-0.05, 0) is 42.0 Å². The van der Waals surface area contributed by atoms with Crippen LogP contribution in [0.1, 0.15) is 11.1 Å². The molecular formula is C15H14Cl2N2S. The molecule has 2 rings (SSSR count). The zero-order valence-electron chi connectivity index (χ0n) is 10.9. The Morgan fingerprint density at radius 3 is 2.35 bits per heavy atom. The smallest absolute Gasteiger partial charge is 0.103 e. The molecule has 0 saturated heterocycles. The summed E-state index contributed by atoms with van der Waals surface area (Å²) in [6.45, 7) is 0.697. The van der Waals surface area contributed by atoms with Crippen molar-refractivity contribution < 1.29 is 0 Å². The fourth-order valence-electron chi connectivity index (χ4n) is 1.88. The van der Waals surface area contributed by atoms with Crippen LogP contribution in [0.3, 0.4) is 0 Å². The van der Waals surface area contributed by atoms with E-state index < -0.39 is 0 Å². The van der Waals surface area contributed by atoms with Crippen molar-refractivity contribution in [3.8, 4) is 0 Å². The fraction of sp³-hybridized carbons (Fsp3) is 0.133. The average Bonchev–Trinajstić information content (AvgIpc) is 2.42. The molecule has 104 valence electrons. The van der Waals surface area contributed by atoms with Gasteiger partial charge in [-0.1, -0.05) is 41.5 Å². The van der Waals surface area contributed by atoms with Crippen molar-refractivity contribution in [2.45, 2.75) is 6.54 Å². The molecule has 5 heteroatoms. The maximum Gasteiger partial charge on any atom is 0.103 e. The normalized spacial score (nSPS) is 10.3. The monoisotopic (exact) mass is 324 g/mol. The highest BCUT2D eigenvalue weighted by molar-refractivity contribution is 7.80. The van der Waals surface area contributed by atoms with Crippen molar-refractivity contribution >= 4 is 46.1 Å². The van der Waals surface area contributed by atoms with E-state index in [1.807, 2.05) is 43.4 Å². The van der Waals surface area contributed by atoms with E-state index in [4.69, 9.17) is 41.2 Å². The lowest BCUT2D eigenvalue weighted by Gasteiger charge is -2.20. The molecule has 0 amide bonds. The Morgan fingerprint density at radius 1 is 1.15 bits per heavy atom. The van der Waals surface area contributed by atoms with Crippen molar-refractivity contribution in [2.24, 2.45) is 5.73 Å². The maximum absolute atomic E-state index is 6.18. The molecule has 0 aromatic heterocycles. The van der Waals surface area contributed by atoms with Crippen LogP contribution in [0.2, 0.25) is 10.0 Å². The van der Waals surface area contributed by atoms with Crippen LogP contribution in [0.15, 0.2) is 42.5 Å². The van der Waals surface area contributed by atoms with Crippen molar-refractivity contribution in [1.82, 2.24) is 0 Å². The molecule has 0 unspecified atom stereocenters. The number of benzene rings is 2. The molecule has 20 heavy (non-hydrogen) atoms. The third kappa shape index (κ3) is 3.63. The van der Waals surface area contributed by atoms with Gasteiger partial charge in [0.2, 0.25) is 0 Å². The van der Waals surface area contributed by atoms with Gasteiger partial charge in [-0.3, -0.25) is 0 Å². The lowest BCUT2D eigenvalue weighted by Crippen LogP contribution is -2.17. The lowest BCUT2D eigenvalue weighted by molar-refractivity contribution is 0.923. The molecule has 2 aromatic rings. The number of hydrogen-bond donors (Lipinski definition) is 1. The molecule has 0 radical (unpaired) electrons. The number of anilines is 1. The summed E-state index contributed by atoms with van der Waals surface area (Å²) < 4.78 is 0. The standard InChI is InChI=1S/C15H14Cl2N2S/c1-19(9-11-2-5-12(16)8-14(11)17)13-6-3-10(4-7-13)15(18)20/h2-8H,9H2,1H3,(H2,18,20). The minimum absolute atomic E-state index is 0.403. The molecule has 0 heterocycles. The van der Waals surface area contributed by atoms with Crippen molar-refractivity contribution in [1.29, 1.82) is 0 Å². The predicted octanol–water partition coefficient (Wildman–Crippen LogP) is 4.26. The minimum atomic E-state index is 0.403. The maximum atomic E-state index is 6.18. The highest BCUT2D eigenvalue weighted by Gasteiger charge is 2.06. The summed E-state index contributed by atoms with van der Waals surface area (Å²) in [5.74, 6) is 0. The van der Waals surface area contributed by atoms with Crippen molar-refractivity contribution in [3.63, 3.8) is 0 Å². The Morgan fingerprint density at radius 2 is 1.80 bits per heavy atom. The minimum Gasteiger partial charge on any atom is -0.389 e. The molecule has 2 N–H and O–H groups in total. The molecule has 0 atom stereocenters. The van der Waals surface area contributed by atoms with E-state index >= 15 is 0 Å². The highest BCUT2D eigenvalue weighted by atomic mass is 35.5. The van der Waals surface area contributed by atoms with E-state index in [-0.39, 0.29) is 0 Å². The van der Waals surface area contributed by atoms with E-state index in [1.165, 1.54) is 0 Å². The van der Waals surface area contributed by atoms with Crippen LogP contribution in [0.25, 0.3) is 0 Å². The first-order valence-corrected chi connectivity index (χ1v) is 7.18. The Bertz CT molecular complexity index is 626. The predicted molar refractivity (Wildman–Crippen MR) is 90.9 cm³/mol. The summed E-state index contributed by atoms with van der Waals surface area (Å²) in [5.41, 5.74) is 8.54. The number of hydrogen-bond acceptors (Lipinski definition) is 2. The van der Waals surface area contributed by atoms with Crippen LogP contribution in [-0.4, -0.2) is 12.0 Å². The largest absolute Gasteiger partial charge is 0.389 e. The van der Waals surface area contributed by atoms with Gasteiger partial charge in [-0.15, -0.1) is 0 Å². The van der Waals surface area contributed by atoms with E-state index in [1.54, 1.807) is 6.07 Å². The Kier molecular flexibility index (Phi) is 4.86. The number of rotatable bonds is 4. The zero-order valence-corrected chi connectivity index (χ0v) is 13.3. The molecule has 0 saturated carbocycles. The first kappa shape index (κ1) is 15.1. The van der Waals surface area contributed by atoms with Crippen LogP contribution < -0.4 is 10.6 Å². The van der Waals surface area contributed by atoms with Gasteiger partial charge in [-0.2, -0.15) is 0 Å². The lowest BCUT2D eigenvalue weighted by atomic mass is 10.1. The highest BCUT2D eigenvalue weighted by Crippen LogP contribution is 2.24. The molecule has 0 aliphatic rings. The van der Waals surface area contributed by atoms with E-state index in [9.17, 15) is 0 Å². The van der Waals surface area contributed by atoms with Crippen LogP contribution in [0.5, 0.6) is 0 Å². The molecule has 0 bridgehead atoms. The summed E-state index contributed by atoms with van der Waals surface area (Å²) in [4.78, 5) is 2.50. The van der Waals surface area contributed by atoms with Gasteiger partial charge in [0.15, 0.2) is 0 Å². The second kappa shape index (κ2) is 6.44. The topological polar surface area (TPSA) is 29.3 Å². The second-order valence-electron chi connectivity index (χ2n) is 4.50. The van der Waals surface area contributed by atoms with Gasteiger partial charge < -0.3 is 10.6 Å². The van der Waals surface area contributed by atoms with Gasteiger partial charge in [0.1, 0.15) is 4.99 Å². The van der Waals surface area contributed by atoms with Crippen LogP contribution in [0.4, 0.5) is 5.69 Å². The van der Waals surface area contributed by atoms with Crippen molar-refractivity contribution in [3.05, 3.63) is 63.6 Å². The van der Waals surface area contributed by atoms with Crippen LogP contribution in [0, 0.1) is 0 Å². The average molecular weight is 325 g/mol. The molecular weight excluding hydrogens is 311 g/mol. The molecule has 0 aliphatic heterocycles. The van der Waals surface area contributed by atoms with Gasteiger partial charge in [0.05, 0.1) is 0 Å². The van der Waals surface area contributed by atoms with E-state index in [2.05, 4.69) is 4.90 Å². The molecule has 2 nitrogen and oxygen atoms in total. The number of halogens is 2. The molecule has 0 fully saturated rings. The first-order valence-electron chi connectivity index (χ1n) is 6.02. The quantitative estimate of drug-likeness (QED) is 0.852. The van der Waals surface area contributed by atoms with Crippen LogP contribution in [-0.2, 0) is 6.54 Å². The zero-order chi connectivity index (χ0) is 14.7. The Labute approximate surface area is 134 Å². The van der Waals surface area contributed by atoms with E-state index in [0.717, 1.165) is 16.8 Å². The van der Waals surface area contributed by atoms with Gasteiger partial charge in [0.25, 0.3) is 0 Å². The third-order valence-electron chi connectivity index (χ3n) is 3.02. The van der Waals surface area contributed by atoms with Crippen LogP contribution >= 0.6 is 35.4 Å².